The zero-order valence-corrected chi connectivity index (χ0v) is 9.74. The molecule has 0 saturated carbocycles. The fourth-order valence-corrected chi connectivity index (χ4v) is 1.75. The molecule has 0 fully saturated rings. The summed E-state index contributed by atoms with van der Waals surface area (Å²) in [5, 5.41) is 10.6. The maximum Gasteiger partial charge on any atom is 0.224 e. The Balaban J connectivity index is 2.02. The van der Waals surface area contributed by atoms with Crippen molar-refractivity contribution in [2.75, 3.05) is 5.32 Å². The van der Waals surface area contributed by atoms with E-state index in [-0.39, 0.29) is 11.1 Å². The van der Waals surface area contributed by atoms with E-state index in [0.717, 1.165) is 5.52 Å². The van der Waals surface area contributed by atoms with Crippen LogP contribution in [-0.2, 0) is 0 Å². The first kappa shape index (κ1) is 10.9. The van der Waals surface area contributed by atoms with Crippen molar-refractivity contribution >= 4 is 34.1 Å². The predicted molar refractivity (Wildman–Crippen MR) is 66.4 cm³/mol. The molecule has 0 bridgehead atoms. The maximum atomic E-state index is 13.2. The molecule has 0 aliphatic carbocycles. The molecule has 5 nitrogen and oxygen atoms in total. The van der Waals surface area contributed by atoms with Crippen molar-refractivity contribution < 1.29 is 4.39 Å². The van der Waals surface area contributed by atoms with Crippen molar-refractivity contribution in [2.24, 2.45) is 0 Å². The zero-order valence-electron chi connectivity index (χ0n) is 8.98. The monoisotopic (exact) mass is 263 g/mol. The number of aromatic nitrogens is 4. The average Bonchev–Trinajstić information content (AvgIpc) is 2.72. The number of benzene rings is 1. The Morgan fingerprint density at radius 3 is 3.00 bits per heavy atom. The lowest BCUT2D eigenvalue weighted by atomic mass is 10.2. The first-order chi connectivity index (χ1) is 8.72. The number of fused-ring (bicyclic) bond motifs is 1. The number of halogens is 2. The lowest BCUT2D eigenvalue weighted by Crippen LogP contribution is -1.95. The van der Waals surface area contributed by atoms with Crippen LogP contribution in [0.15, 0.2) is 30.5 Å². The molecule has 0 amide bonds. The van der Waals surface area contributed by atoms with Crippen LogP contribution in [0.2, 0.25) is 5.28 Å². The highest BCUT2D eigenvalue weighted by molar-refractivity contribution is 6.28. The largest absolute Gasteiger partial charge is 0.323 e. The molecule has 1 aromatic carbocycles. The number of hydrogen-bond donors (Lipinski definition) is 2. The molecule has 0 saturated heterocycles. The molecule has 7 heteroatoms. The summed E-state index contributed by atoms with van der Waals surface area (Å²) >= 11 is 5.68. The van der Waals surface area contributed by atoms with Crippen LogP contribution in [-0.4, -0.2) is 20.2 Å². The molecule has 0 atom stereocenters. The van der Waals surface area contributed by atoms with Crippen molar-refractivity contribution in [3.8, 4) is 0 Å². The quantitative estimate of drug-likeness (QED) is 0.698. The Morgan fingerprint density at radius 1 is 1.28 bits per heavy atom. The molecule has 3 rings (SSSR count). The molecule has 0 aliphatic heterocycles. The molecule has 0 spiro atoms. The van der Waals surface area contributed by atoms with E-state index in [0.29, 0.717) is 17.0 Å². The van der Waals surface area contributed by atoms with Crippen molar-refractivity contribution in [3.05, 3.63) is 41.6 Å². The van der Waals surface area contributed by atoms with Crippen LogP contribution in [0.25, 0.3) is 10.9 Å². The fourth-order valence-electron chi connectivity index (χ4n) is 1.61. The fraction of sp³-hybridized carbons (Fsp3) is 0. The summed E-state index contributed by atoms with van der Waals surface area (Å²) in [6.07, 6.45) is 1.52. The molecule has 2 heterocycles. The van der Waals surface area contributed by atoms with Gasteiger partial charge in [0.25, 0.3) is 0 Å². The Kier molecular flexibility index (Phi) is 2.56. The molecular weight excluding hydrogens is 257 g/mol. The predicted octanol–water partition coefficient (Wildman–Crippen LogP) is 2.89. The van der Waals surface area contributed by atoms with Gasteiger partial charge < -0.3 is 5.32 Å². The Bertz CT molecular complexity index is 711. The van der Waals surface area contributed by atoms with Gasteiger partial charge >= 0.3 is 0 Å². The van der Waals surface area contributed by atoms with E-state index in [9.17, 15) is 4.39 Å². The minimum atomic E-state index is -0.326. The van der Waals surface area contributed by atoms with Crippen LogP contribution in [0, 0.1) is 5.82 Å². The van der Waals surface area contributed by atoms with Gasteiger partial charge in [0, 0.05) is 11.6 Å². The van der Waals surface area contributed by atoms with Gasteiger partial charge in [-0.1, -0.05) is 0 Å². The highest BCUT2D eigenvalue weighted by Crippen LogP contribution is 2.23. The molecule has 3 aromatic rings. The van der Waals surface area contributed by atoms with Gasteiger partial charge in [-0.25, -0.2) is 14.4 Å². The zero-order chi connectivity index (χ0) is 12.5. The summed E-state index contributed by atoms with van der Waals surface area (Å²) in [5.41, 5.74) is 0.735. The summed E-state index contributed by atoms with van der Waals surface area (Å²) in [6.45, 7) is 0. The number of nitrogens with one attached hydrogen (secondary N) is 2. The Hall–Kier alpha value is -2.21. The summed E-state index contributed by atoms with van der Waals surface area (Å²) in [5.74, 6) is 0.652. The van der Waals surface area contributed by atoms with E-state index in [1.807, 2.05) is 0 Å². The number of rotatable bonds is 2. The van der Waals surface area contributed by atoms with Crippen LogP contribution in [0.4, 0.5) is 16.0 Å². The second-order valence-corrected chi connectivity index (χ2v) is 3.94. The second-order valence-electron chi connectivity index (χ2n) is 3.60. The first-order valence-electron chi connectivity index (χ1n) is 5.11. The number of nitrogens with zero attached hydrogens (tertiary/aromatic N) is 3. The van der Waals surface area contributed by atoms with Crippen LogP contribution in [0.5, 0.6) is 0 Å². The van der Waals surface area contributed by atoms with Crippen molar-refractivity contribution in [1.29, 1.82) is 0 Å². The molecule has 2 aromatic heterocycles. The summed E-state index contributed by atoms with van der Waals surface area (Å²) in [7, 11) is 0. The van der Waals surface area contributed by atoms with E-state index >= 15 is 0 Å². The minimum Gasteiger partial charge on any atom is -0.323 e. The number of aromatic amines is 1. The summed E-state index contributed by atoms with van der Waals surface area (Å²) in [4.78, 5) is 7.74. The lowest BCUT2D eigenvalue weighted by molar-refractivity contribution is 0.630. The summed E-state index contributed by atoms with van der Waals surface area (Å²) < 4.78 is 13.2. The molecule has 90 valence electrons. The van der Waals surface area contributed by atoms with Crippen LogP contribution >= 0.6 is 11.6 Å². The topological polar surface area (TPSA) is 66.5 Å². The van der Waals surface area contributed by atoms with Gasteiger partial charge in [-0.2, -0.15) is 5.10 Å². The van der Waals surface area contributed by atoms with Crippen LogP contribution < -0.4 is 5.32 Å². The van der Waals surface area contributed by atoms with E-state index in [1.54, 1.807) is 12.1 Å². The van der Waals surface area contributed by atoms with Gasteiger partial charge in [-0.05, 0) is 35.9 Å². The van der Waals surface area contributed by atoms with Crippen molar-refractivity contribution in [3.63, 3.8) is 0 Å². The highest BCUT2D eigenvalue weighted by atomic mass is 35.5. The highest BCUT2D eigenvalue weighted by Gasteiger charge is 2.07. The first-order valence-corrected chi connectivity index (χ1v) is 5.49. The van der Waals surface area contributed by atoms with Crippen molar-refractivity contribution in [1.82, 2.24) is 20.2 Å². The number of hydrogen-bond acceptors (Lipinski definition) is 4. The second kappa shape index (κ2) is 4.23. The third kappa shape index (κ3) is 1.98. The minimum absolute atomic E-state index is 0.131. The SMILES string of the molecule is Fc1ccc2[nH]nc(Nc3ccnc(Cl)n3)c2c1. The Morgan fingerprint density at radius 2 is 2.17 bits per heavy atom. The average molecular weight is 264 g/mol. The van der Waals surface area contributed by atoms with Gasteiger partial charge in [0.1, 0.15) is 11.6 Å². The smallest absolute Gasteiger partial charge is 0.224 e. The maximum absolute atomic E-state index is 13.2. The van der Waals surface area contributed by atoms with E-state index in [4.69, 9.17) is 11.6 Å². The van der Waals surface area contributed by atoms with E-state index in [2.05, 4.69) is 25.5 Å². The molecular formula is C11H7ClFN5. The molecule has 0 aliphatic rings. The van der Waals surface area contributed by atoms with Gasteiger partial charge in [-0.3, -0.25) is 5.10 Å². The van der Waals surface area contributed by atoms with Gasteiger partial charge in [0.15, 0.2) is 5.82 Å². The molecule has 0 radical (unpaired) electrons. The number of H-pyrrole nitrogens is 1. The van der Waals surface area contributed by atoms with Crippen LogP contribution in [0.1, 0.15) is 0 Å². The van der Waals surface area contributed by atoms with Crippen molar-refractivity contribution in [2.45, 2.75) is 0 Å². The van der Waals surface area contributed by atoms with Gasteiger partial charge in [-0.15, -0.1) is 0 Å². The third-order valence-corrected chi connectivity index (χ3v) is 2.58. The third-order valence-electron chi connectivity index (χ3n) is 2.40. The summed E-state index contributed by atoms with van der Waals surface area (Å²) in [6, 6.07) is 6.03. The van der Waals surface area contributed by atoms with Crippen LogP contribution in [0.3, 0.4) is 0 Å². The standard InChI is InChI=1S/C11H7ClFN5/c12-11-14-4-3-9(16-11)15-10-7-5-6(13)1-2-8(7)17-18-10/h1-5H,(H2,14,15,16,17,18). The lowest BCUT2D eigenvalue weighted by Gasteiger charge is -2.02. The van der Waals surface area contributed by atoms with Gasteiger partial charge in [0.05, 0.1) is 5.52 Å². The molecule has 18 heavy (non-hydrogen) atoms. The molecule has 0 unspecified atom stereocenters. The normalized spacial score (nSPS) is 10.8. The Labute approximate surface area is 106 Å². The molecule has 2 N–H and O–H groups in total. The van der Waals surface area contributed by atoms with E-state index in [1.165, 1.54) is 18.3 Å². The number of anilines is 2. The van der Waals surface area contributed by atoms with E-state index < -0.39 is 0 Å². The van der Waals surface area contributed by atoms with Gasteiger partial charge in [0.2, 0.25) is 5.28 Å².